The quantitative estimate of drug-likeness (QED) is 0.515. The molecule has 1 unspecified atom stereocenters. The summed E-state index contributed by atoms with van der Waals surface area (Å²) in [6.07, 6.45) is 2.65. The number of hydrogen-bond donors (Lipinski definition) is 2. The summed E-state index contributed by atoms with van der Waals surface area (Å²) in [4.78, 5) is 18.6. The first kappa shape index (κ1) is 25.3. The van der Waals surface area contributed by atoms with Crippen LogP contribution >= 0.6 is 24.8 Å². The van der Waals surface area contributed by atoms with Gasteiger partial charge in [0.2, 0.25) is 0 Å². The molecule has 1 fully saturated rings. The van der Waals surface area contributed by atoms with E-state index in [9.17, 15) is 4.79 Å². The van der Waals surface area contributed by atoms with Crippen LogP contribution in [0, 0.1) is 0 Å². The molecule has 1 aliphatic rings. The van der Waals surface area contributed by atoms with Gasteiger partial charge in [0.1, 0.15) is 17.2 Å². The maximum Gasteiger partial charge on any atom is 0.320 e. The lowest BCUT2D eigenvalue weighted by atomic mass is 10.2. The van der Waals surface area contributed by atoms with Crippen LogP contribution in [0.2, 0.25) is 0 Å². The van der Waals surface area contributed by atoms with Crippen molar-refractivity contribution in [2.45, 2.75) is 6.23 Å². The molecule has 1 aliphatic heterocycles. The molecule has 2 amide bonds. The lowest BCUT2D eigenvalue weighted by molar-refractivity contribution is 0.139. The van der Waals surface area contributed by atoms with E-state index < -0.39 is 6.23 Å². The second-order valence-electron chi connectivity index (χ2n) is 6.86. The highest BCUT2D eigenvalue weighted by Crippen LogP contribution is 2.25. The zero-order chi connectivity index (χ0) is 20.6. The van der Waals surface area contributed by atoms with Crippen molar-refractivity contribution >= 4 is 30.8 Å². The third-order valence-electron chi connectivity index (χ3n) is 4.71. The van der Waals surface area contributed by atoms with Crippen LogP contribution in [0.25, 0.3) is 0 Å². The third kappa shape index (κ3) is 7.02. The zero-order valence-electron chi connectivity index (χ0n) is 17.3. The number of carbonyl (C=O) groups excluding carboxylic acids is 1. The molecule has 4 rings (SSSR count). The lowest BCUT2D eigenvalue weighted by Gasteiger charge is -2.30. The summed E-state index contributed by atoms with van der Waals surface area (Å²) in [5.74, 6) is 2.05. The van der Waals surface area contributed by atoms with Crippen LogP contribution in [-0.2, 0) is 0 Å². The Labute approximate surface area is 200 Å². The highest BCUT2D eigenvalue weighted by molar-refractivity contribution is 5.85. The number of ether oxygens (including phenoxy) is 2. The number of pyridine rings is 1. The molecule has 7 nitrogen and oxygen atoms in total. The van der Waals surface area contributed by atoms with Crippen molar-refractivity contribution < 1.29 is 14.3 Å². The molecule has 2 heterocycles. The Kier molecular flexibility index (Phi) is 10.1. The van der Waals surface area contributed by atoms with Gasteiger partial charge in [0.05, 0.1) is 6.20 Å². The standard InChI is InChI=1S/C23H24N4O3.2ClH/c28-23(27-15-13-24-14-16-27)26-22(30-21-7-4-12-25-17-21)18-8-10-20(11-9-18)29-19-5-2-1-3-6-19;;/h1-12,17,22,24H,13-16H2,(H,26,28);2*1H. The number of amides is 2. The molecule has 1 saturated heterocycles. The Morgan fingerprint density at radius 2 is 1.56 bits per heavy atom. The number of piperazine rings is 1. The number of rotatable bonds is 6. The fraction of sp³-hybridized carbons (Fsp3) is 0.217. The first-order valence-electron chi connectivity index (χ1n) is 9.94. The Morgan fingerprint density at radius 3 is 2.22 bits per heavy atom. The van der Waals surface area contributed by atoms with Gasteiger partial charge in [-0.1, -0.05) is 18.2 Å². The van der Waals surface area contributed by atoms with Crippen LogP contribution in [0.15, 0.2) is 79.1 Å². The third-order valence-corrected chi connectivity index (χ3v) is 4.71. The number of hydrogen-bond acceptors (Lipinski definition) is 5. The molecule has 0 bridgehead atoms. The van der Waals surface area contributed by atoms with Gasteiger partial charge in [0.25, 0.3) is 0 Å². The lowest BCUT2D eigenvalue weighted by Crippen LogP contribution is -2.51. The second-order valence-corrected chi connectivity index (χ2v) is 6.86. The molecule has 9 heteroatoms. The number of nitrogens with one attached hydrogen (secondary N) is 2. The van der Waals surface area contributed by atoms with Gasteiger partial charge in [-0.15, -0.1) is 24.8 Å². The number of aromatic nitrogens is 1. The Balaban J connectivity index is 0.00000181. The summed E-state index contributed by atoms with van der Waals surface area (Å²) >= 11 is 0. The number of halogens is 2. The zero-order valence-corrected chi connectivity index (χ0v) is 19.0. The predicted octanol–water partition coefficient (Wildman–Crippen LogP) is 4.41. The van der Waals surface area contributed by atoms with E-state index in [2.05, 4.69) is 15.6 Å². The molecular weight excluding hydrogens is 451 g/mol. The summed E-state index contributed by atoms with van der Waals surface area (Å²) in [5.41, 5.74) is 0.808. The average molecular weight is 477 g/mol. The smallest absolute Gasteiger partial charge is 0.320 e. The van der Waals surface area contributed by atoms with Gasteiger partial charge in [-0.25, -0.2) is 4.79 Å². The average Bonchev–Trinajstić information content (AvgIpc) is 2.81. The van der Waals surface area contributed by atoms with E-state index in [1.165, 1.54) is 0 Å². The Bertz CT molecular complexity index is 940. The molecular formula is C23H26Cl2N4O3. The second kappa shape index (κ2) is 12.8. The summed E-state index contributed by atoms with van der Waals surface area (Å²) in [6, 6.07) is 20.5. The summed E-state index contributed by atoms with van der Waals surface area (Å²) < 4.78 is 11.9. The largest absolute Gasteiger partial charge is 0.465 e. The molecule has 170 valence electrons. The SMILES string of the molecule is Cl.Cl.O=C(NC(Oc1cccnc1)c1ccc(Oc2ccccc2)cc1)N1CCNCC1. The van der Waals surface area contributed by atoms with Crippen LogP contribution in [0.5, 0.6) is 17.2 Å². The van der Waals surface area contributed by atoms with E-state index in [1.54, 1.807) is 23.4 Å². The molecule has 2 N–H and O–H groups in total. The molecule has 0 saturated carbocycles. The molecule has 0 aliphatic carbocycles. The van der Waals surface area contributed by atoms with E-state index in [1.807, 2.05) is 60.7 Å². The number of para-hydroxylation sites is 1. The minimum absolute atomic E-state index is 0. The van der Waals surface area contributed by atoms with E-state index in [4.69, 9.17) is 9.47 Å². The highest BCUT2D eigenvalue weighted by Gasteiger charge is 2.22. The number of carbonyl (C=O) groups is 1. The van der Waals surface area contributed by atoms with Crippen molar-refractivity contribution in [2.75, 3.05) is 26.2 Å². The molecule has 3 aromatic rings. The molecule has 32 heavy (non-hydrogen) atoms. The minimum Gasteiger partial charge on any atom is -0.465 e. The van der Waals surface area contributed by atoms with Gasteiger partial charge < -0.3 is 19.7 Å². The van der Waals surface area contributed by atoms with Crippen molar-refractivity contribution in [1.82, 2.24) is 20.5 Å². The number of urea groups is 1. The molecule has 0 radical (unpaired) electrons. The van der Waals surface area contributed by atoms with Crippen LogP contribution < -0.4 is 20.1 Å². The molecule has 1 atom stereocenters. The van der Waals surface area contributed by atoms with E-state index in [0.717, 1.165) is 24.4 Å². The summed E-state index contributed by atoms with van der Waals surface area (Å²) in [7, 11) is 0. The first-order chi connectivity index (χ1) is 14.8. The van der Waals surface area contributed by atoms with Crippen LogP contribution in [0.3, 0.4) is 0 Å². The summed E-state index contributed by atoms with van der Waals surface area (Å²) in [5, 5.41) is 6.23. The fourth-order valence-corrected chi connectivity index (χ4v) is 3.14. The van der Waals surface area contributed by atoms with Gasteiger partial charge in [0, 0.05) is 37.9 Å². The van der Waals surface area contributed by atoms with Gasteiger partial charge in [-0.05, 0) is 48.5 Å². The van der Waals surface area contributed by atoms with E-state index in [-0.39, 0.29) is 30.8 Å². The fourth-order valence-electron chi connectivity index (χ4n) is 3.14. The predicted molar refractivity (Wildman–Crippen MR) is 128 cm³/mol. The molecule has 2 aromatic carbocycles. The normalized spacial score (nSPS) is 13.7. The van der Waals surface area contributed by atoms with Gasteiger partial charge >= 0.3 is 6.03 Å². The van der Waals surface area contributed by atoms with Crippen molar-refractivity contribution in [3.8, 4) is 17.2 Å². The van der Waals surface area contributed by atoms with Crippen LogP contribution in [0.4, 0.5) is 4.79 Å². The van der Waals surface area contributed by atoms with Gasteiger partial charge in [0.15, 0.2) is 6.23 Å². The summed E-state index contributed by atoms with van der Waals surface area (Å²) in [6.45, 7) is 2.89. The number of benzene rings is 2. The van der Waals surface area contributed by atoms with Crippen LogP contribution in [0.1, 0.15) is 11.8 Å². The van der Waals surface area contributed by atoms with Crippen molar-refractivity contribution in [2.24, 2.45) is 0 Å². The maximum atomic E-state index is 12.7. The molecule has 0 spiro atoms. The Hall–Kier alpha value is -3.00. The van der Waals surface area contributed by atoms with Gasteiger partial charge in [-0.2, -0.15) is 0 Å². The number of nitrogens with zero attached hydrogens (tertiary/aromatic N) is 2. The Morgan fingerprint density at radius 1 is 0.906 bits per heavy atom. The van der Waals surface area contributed by atoms with E-state index >= 15 is 0 Å². The highest BCUT2D eigenvalue weighted by atomic mass is 35.5. The van der Waals surface area contributed by atoms with Crippen LogP contribution in [-0.4, -0.2) is 42.1 Å². The maximum absolute atomic E-state index is 12.7. The molecule has 1 aromatic heterocycles. The minimum atomic E-state index is -0.651. The van der Waals surface area contributed by atoms with Crippen molar-refractivity contribution in [3.63, 3.8) is 0 Å². The topological polar surface area (TPSA) is 75.7 Å². The van der Waals surface area contributed by atoms with Gasteiger partial charge in [-0.3, -0.25) is 10.3 Å². The first-order valence-corrected chi connectivity index (χ1v) is 9.94. The monoisotopic (exact) mass is 476 g/mol. The van der Waals surface area contributed by atoms with Crippen molar-refractivity contribution in [3.05, 3.63) is 84.7 Å². The van der Waals surface area contributed by atoms with Crippen molar-refractivity contribution in [1.29, 1.82) is 0 Å². The van der Waals surface area contributed by atoms with E-state index in [0.29, 0.717) is 24.6 Å².